The summed E-state index contributed by atoms with van der Waals surface area (Å²) >= 11 is 0. The predicted octanol–water partition coefficient (Wildman–Crippen LogP) is 1.03. The van der Waals surface area contributed by atoms with Crippen LogP contribution in [0.2, 0.25) is 0 Å². The van der Waals surface area contributed by atoms with Gasteiger partial charge in [0, 0.05) is 38.1 Å². The largest absolute Gasteiger partial charge is 0.342 e. The van der Waals surface area contributed by atoms with Crippen LogP contribution in [0, 0.1) is 5.92 Å². The molecule has 4 aliphatic heterocycles. The van der Waals surface area contributed by atoms with Crippen molar-refractivity contribution < 1.29 is 19.2 Å². The van der Waals surface area contributed by atoms with E-state index in [0.29, 0.717) is 51.9 Å². The molecule has 32 heavy (non-hydrogen) atoms. The maximum atomic E-state index is 13.4. The summed E-state index contributed by atoms with van der Waals surface area (Å²) in [5, 5.41) is 2.96. The van der Waals surface area contributed by atoms with E-state index in [1.165, 1.54) is 4.90 Å². The molecule has 0 saturated carbocycles. The van der Waals surface area contributed by atoms with Crippen LogP contribution in [0.3, 0.4) is 0 Å². The lowest BCUT2D eigenvalue weighted by atomic mass is 9.86. The molecule has 178 valence electrons. The molecular formula is C23H37N5O4. The van der Waals surface area contributed by atoms with Gasteiger partial charge in [0.05, 0.1) is 6.04 Å². The van der Waals surface area contributed by atoms with Crippen LogP contribution in [0.15, 0.2) is 0 Å². The Balaban J connectivity index is 1.33. The maximum Gasteiger partial charge on any atom is 0.325 e. The van der Waals surface area contributed by atoms with E-state index >= 15 is 0 Å². The molecule has 0 aromatic carbocycles. The molecule has 0 aliphatic carbocycles. The summed E-state index contributed by atoms with van der Waals surface area (Å²) in [6.45, 7) is 9.81. The van der Waals surface area contributed by atoms with E-state index in [0.717, 1.165) is 25.9 Å². The topological polar surface area (TPSA) is 93.3 Å². The molecule has 1 spiro atoms. The maximum absolute atomic E-state index is 13.4. The average molecular weight is 448 g/mol. The minimum atomic E-state index is -0.887. The van der Waals surface area contributed by atoms with Crippen LogP contribution < -0.4 is 5.32 Å². The van der Waals surface area contributed by atoms with Gasteiger partial charge in [0.25, 0.3) is 5.91 Å². The molecule has 0 aromatic rings. The summed E-state index contributed by atoms with van der Waals surface area (Å²) in [4.78, 5) is 58.7. The number of nitrogens with one attached hydrogen (secondary N) is 1. The van der Waals surface area contributed by atoms with E-state index in [1.54, 1.807) is 4.90 Å². The van der Waals surface area contributed by atoms with Gasteiger partial charge >= 0.3 is 6.03 Å². The summed E-state index contributed by atoms with van der Waals surface area (Å²) in [6, 6.07) is -0.607. The van der Waals surface area contributed by atoms with Crippen LogP contribution in [0.4, 0.5) is 4.79 Å². The summed E-state index contributed by atoms with van der Waals surface area (Å²) in [7, 11) is 0. The number of piperidine rings is 2. The molecule has 4 fully saturated rings. The summed E-state index contributed by atoms with van der Waals surface area (Å²) in [5.74, 6) is 0.0137. The Kier molecular flexibility index (Phi) is 6.47. The van der Waals surface area contributed by atoms with Gasteiger partial charge in [-0.15, -0.1) is 0 Å². The molecule has 1 N–H and O–H groups in total. The lowest BCUT2D eigenvalue weighted by Gasteiger charge is -2.39. The van der Waals surface area contributed by atoms with Gasteiger partial charge in [0.15, 0.2) is 0 Å². The summed E-state index contributed by atoms with van der Waals surface area (Å²) in [6.07, 6.45) is 4.44. The lowest BCUT2D eigenvalue weighted by Crippen LogP contribution is -2.57. The van der Waals surface area contributed by atoms with E-state index in [-0.39, 0.29) is 41.8 Å². The van der Waals surface area contributed by atoms with E-state index in [4.69, 9.17) is 0 Å². The quantitative estimate of drug-likeness (QED) is 0.650. The van der Waals surface area contributed by atoms with Crippen LogP contribution in [0.25, 0.3) is 0 Å². The highest BCUT2D eigenvalue weighted by Crippen LogP contribution is 2.33. The predicted molar refractivity (Wildman–Crippen MR) is 119 cm³/mol. The molecule has 4 rings (SSSR count). The normalized spacial score (nSPS) is 25.7. The van der Waals surface area contributed by atoms with Crippen molar-refractivity contribution in [2.24, 2.45) is 5.92 Å². The van der Waals surface area contributed by atoms with Gasteiger partial charge in [-0.2, -0.15) is 0 Å². The van der Waals surface area contributed by atoms with Crippen molar-refractivity contribution in [3.8, 4) is 0 Å². The molecule has 4 aliphatic rings. The van der Waals surface area contributed by atoms with Crippen molar-refractivity contribution >= 4 is 23.8 Å². The molecule has 0 aromatic heterocycles. The van der Waals surface area contributed by atoms with E-state index < -0.39 is 5.54 Å². The molecule has 0 bridgehead atoms. The average Bonchev–Trinajstić information content (AvgIpc) is 3.40. The molecule has 5 amide bonds. The molecule has 0 radical (unpaired) electrons. The van der Waals surface area contributed by atoms with E-state index in [9.17, 15) is 19.2 Å². The Labute approximate surface area is 190 Å². The number of carbonyl (C=O) groups excluding carboxylic acids is 4. The fourth-order valence-electron chi connectivity index (χ4n) is 5.68. The number of nitrogens with zero attached hydrogens (tertiary/aromatic N) is 4. The second-order valence-electron chi connectivity index (χ2n) is 10.1. The second kappa shape index (κ2) is 9.00. The van der Waals surface area contributed by atoms with Crippen LogP contribution in [-0.4, -0.2) is 100 Å². The van der Waals surface area contributed by atoms with E-state index in [1.807, 2.05) is 25.7 Å². The number of likely N-dealkylation sites (tertiary alicyclic amines) is 3. The zero-order chi connectivity index (χ0) is 23.0. The Morgan fingerprint density at radius 2 is 1.44 bits per heavy atom. The van der Waals surface area contributed by atoms with Gasteiger partial charge < -0.3 is 15.1 Å². The van der Waals surface area contributed by atoms with Gasteiger partial charge in [-0.05, 0) is 58.5 Å². The third kappa shape index (κ3) is 4.11. The first-order valence-electron chi connectivity index (χ1n) is 12.2. The van der Waals surface area contributed by atoms with Crippen LogP contribution in [-0.2, 0) is 14.4 Å². The first-order chi connectivity index (χ1) is 15.2. The minimum absolute atomic E-state index is 0.0736. The van der Waals surface area contributed by atoms with Gasteiger partial charge in [-0.1, -0.05) is 13.8 Å². The first-order valence-corrected chi connectivity index (χ1v) is 12.2. The van der Waals surface area contributed by atoms with Crippen LogP contribution in [0.1, 0.15) is 59.3 Å². The molecule has 9 heteroatoms. The van der Waals surface area contributed by atoms with Gasteiger partial charge in [0.1, 0.15) is 5.54 Å². The number of hydrogen-bond donors (Lipinski definition) is 1. The standard InChI is InChI=1S/C23H37N5O4/c1-16(2)19(29)27-14-8-23(9-15-27)21(31)28(22(32)24-23)18-6-12-26(13-7-18)20(30)17(3)25-10-4-5-11-25/h16-18H,4-15H2,1-3H3,(H,24,32)/t17-/m1/s1. The zero-order valence-electron chi connectivity index (χ0n) is 19.6. The van der Waals surface area contributed by atoms with Gasteiger partial charge in [-0.3, -0.25) is 24.2 Å². The molecule has 4 saturated heterocycles. The highest BCUT2D eigenvalue weighted by Gasteiger charge is 2.54. The number of urea groups is 1. The van der Waals surface area contributed by atoms with Crippen molar-refractivity contribution in [1.29, 1.82) is 0 Å². The van der Waals surface area contributed by atoms with E-state index in [2.05, 4.69) is 10.2 Å². The van der Waals surface area contributed by atoms with Crippen molar-refractivity contribution in [1.82, 2.24) is 24.9 Å². The highest BCUT2D eigenvalue weighted by molar-refractivity contribution is 6.07. The van der Waals surface area contributed by atoms with Gasteiger partial charge in [-0.25, -0.2) is 4.79 Å². The lowest BCUT2D eigenvalue weighted by molar-refractivity contribution is -0.142. The number of amides is 5. The summed E-state index contributed by atoms with van der Waals surface area (Å²) < 4.78 is 0. The van der Waals surface area contributed by atoms with Crippen molar-refractivity contribution in [2.45, 2.75) is 76.9 Å². The third-order valence-corrected chi connectivity index (χ3v) is 7.80. The molecule has 4 heterocycles. The zero-order valence-corrected chi connectivity index (χ0v) is 19.6. The smallest absolute Gasteiger partial charge is 0.325 e. The fraction of sp³-hybridized carbons (Fsp3) is 0.826. The molecule has 0 unspecified atom stereocenters. The number of hydrogen-bond acceptors (Lipinski definition) is 5. The Bertz CT molecular complexity index is 762. The Morgan fingerprint density at radius 3 is 2.00 bits per heavy atom. The van der Waals surface area contributed by atoms with Crippen LogP contribution in [0.5, 0.6) is 0 Å². The van der Waals surface area contributed by atoms with Crippen LogP contribution >= 0.6 is 0 Å². The highest BCUT2D eigenvalue weighted by atomic mass is 16.2. The van der Waals surface area contributed by atoms with Crippen molar-refractivity contribution in [3.63, 3.8) is 0 Å². The molecular weight excluding hydrogens is 410 g/mol. The molecule has 1 atom stereocenters. The summed E-state index contributed by atoms with van der Waals surface area (Å²) in [5.41, 5.74) is -0.887. The monoisotopic (exact) mass is 447 g/mol. The Hall–Kier alpha value is -2.16. The first kappa shape index (κ1) is 23.0. The number of imide groups is 1. The number of rotatable bonds is 4. The third-order valence-electron chi connectivity index (χ3n) is 7.80. The van der Waals surface area contributed by atoms with Crippen molar-refractivity contribution in [3.05, 3.63) is 0 Å². The minimum Gasteiger partial charge on any atom is -0.342 e. The molecule has 9 nitrogen and oxygen atoms in total. The SMILES string of the molecule is CC(C)C(=O)N1CCC2(CC1)NC(=O)N(C1CCN(C(=O)[C@@H](C)N3CCCC3)CC1)C2=O. The fourth-order valence-corrected chi connectivity index (χ4v) is 5.68. The second-order valence-corrected chi connectivity index (χ2v) is 10.1. The van der Waals surface area contributed by atoms with Crippen molar-refractivity contribution in [2.75, 3.05) is 39.3 Å². The Morgan fingerprint density at radius 1 is 0.875 bits per heavy atom. The number of carbonyl (C=O) groups is 4. The van der Waals surface area contributed by atoms with Gasteiger partial charge in [0.2, 0.25) is 11.8 Å².